The molecule has 2 aromatic rings. The Kier molecular flexibility index (Phi) is 6.51. The third-order valence-corrected chi connectivity index (χ3v) is 3.86. The van der Waals surface area contributed by atoms with Crippen molar-refractivity contribution in [3.8, 4) is 5.75 Å². The standard InChI is InChI=1S/C19H22N2O4/c1-3-8-16(15-10-5-4-6-11-15)20-18(22)13-25-17-12-7-9-14(2)19(17)21(23)24/h4-7,9-12,16H,3,8,13H2,1-2H3,(H,20,22). The fraction of sp³-hybridized carbons (Fsp3) is 0.316. The van der Waals surface area contributed by atoms with Gasteiger partial charge >= 0.3 is 5.69 Å². The summed E-state index contributed by atoms with van der Waals surface area (Å²) in [5.74, 6) is -0.204. The van der Waals surface area contributed by atoms with Gasteiger partial charge in [0.05, 0.1) is 11.0 Å². The summed E-state index contributed by atoms with van der Waals surface area (Å²) in [6.45, 7) is 3.42. The summed E-state index contributed by atoms with van der Waals surface area (Å²) in [5.41, 5.74) is 1.42. The Hall–Kier alpha value is -2.89. The third kappa shape index (κ3) is 5.04. The molecule has 1 unspecified atom stereocenters. The van der Waals surface area contributed by atoms with Crippen molar-refractivity contribution in [3.63, 3.8) is 0 Å². The zero-order valence-corrected chi connectivity index (χ0v) is 14.4. The average Bonchev–Trinajstić information content (AvgIpc) is 2.60. The van der Waals surface area contributed by atoms with Crippen molar-refractivity contribution >= 4 is 11.6 Å². The van der Waals surface area contributed by atoms with E-state index in [0.717, 1.165) is 18.4 Å². The third-order valence-electron chi connectivity index (χ3n) is 3.86. The van der Waals surface area contributed by atoms with Crippen molar-refractivity contribution in [2.24, 2.45) is 0 Å². The van der Waals surface area contributed by atoms with E-state index in [-0.39, 0.29) is 30.0 Å². The molecule has 0 aromatic heterocycles. The summed E-state index contributed by atoms with van der Waals surface area (Å²) in [6, 6.07) is 14.4. The number of nitrogens with one attached hydrogen (secondary N) is 1. The molecule has 0 saturated carbocycles. The number of hydrogen-bond donors (Lipinski definition) is 1. The maximum Gasteiger partial charge on any atom is 0.313 e. The molecule has 132 valence electrons. The van der Waals surface area contributed by atoms with Crippen LogP contribution < -0.4 is 10.1 Å². The molecule has 0 bridgehead atoms. The quantitative estimate of drug-likeness (QED) is 0.582. The normalized spacial score (nSPS) is 11.6. The molecule has 6 nitrogen and oxygen atoms in total. The second kappa shape index (κ2) is 8.82. The minimum atomic E-state index is -0.494. The van der Waals surface area contributed by atoms with Crippen molar-refractivity contribution in [3.05, 3.63) is 69.8 Å². The van der Waals surface area contributed by atoms with Gasteiger partial charge in [-0.2, -0.15) is 0 Å². The van der Waals surface area contributed by atoms with Crippen LogP contribution in [0.3, 0.4) is 0 Å². The lowest BCUT2D eigenvalue weighted by Gasteiger charge is -2.18. The number of hydrogen-bond acceptors (Lipinski definition) is 4. The van der Waals surface area contributed by atoms with Crippen LogP contribution in [-0.4, -0.2) is 17.4 Å². The SMILES string of the molecule is CCCC(NC(=O)COc1cccc(C)c1[N+](=O)[O-])c1ccccc1. The molecule has 2 rings (SSSR count). The average molecular weight is 342 g/mol. The molecule has 0 heterocycles. The van der Waals surface area contributed by atoms with E-state index in [0.29, 0.717) is 5.56 Å². The predicted molar refractivity (Wildman–Crippen MR) is 95.6 cm³/mol. The zero-order valence-electron chi connectivity index (χ0n) is 14.4. The lowest BCUT2D eigenvalue weighted by atomic mass is 10.0. The largest absolute Gasteiger partial charge is 0.477 e. The lowest BCUT2D eigenvalue weighted by Crippen LogP contribution is -2.32. The molecule has 0 saturated heterocycles. The number of carbonyl (C=O) groups is 1. The molecule has 0 fully saturated rings. The number of nitro groups is 1. The first kappa shape index (κ1) is 18.4. The number of ether oxygens (including phenoxy) is 1. The van der Waals surface area contributed by atoms with Gasteiger partial charge in [-0.1, -0.05) is 55.8 Å². The molecule has 0 aliphatic heterocycles. The van der Waals surface area contributed by atoms with E-state index in [2.05, 4.69) is 12.2 Å². The van der Waals surface area contributed by atoms with E-state index in [1.165, 1.54) is 6.07 Å². The van der Waals surface area contributed by atoms with Crippen molar-refractivity contribution in [1.29, 1.82) is 0 Å². The lowest BCUT2D eigenvalue weighted by molar-refractivity contribution is -0.386. The Morgan fingerprint density at radius 2 is 1.92 bits per heavy atom. The molecular weight excluding hydrogens is 320 g/mol. The van der Waals surface area contributed by atoms with Gasteiger partial charge in [0.2, 0.25) is 0 Å². The highest BCUT2D eigenvalue weighted by molar-refractivity contribution is 5.78. The van der Waals surface area contributed by atoms with Crippen LogP contribution in [0.5, 0.6) is 5.75 Å². The van der Waals surface area contributed by atoms with Crippen molar-refractivity contribution in [2.45, 2.75) is 32.7 Å². The van der Waals surface area contributed by atoms with Gasteiger partial charge in [-0.3, -0.25) is 14.9 Å². The van der Waals surface area contributed by atoms with Crippen molar-refractivity contribution in [1.82, 2.24) is 5.32 Å². The van der Waals surface area contributed by atoms with Crippen LogP contribution in [0, 0.1) is 17.0 Å². The molecule has 6 heteroatoms. The smallest absolute Gasteiger partial charge is 0.313 e. The maximum absolute atomic E-state index is 12.2. The van der Waals surface area contributed by atoms with Crippen LogP contribution in [0.25, 0.3) is 0 Å². The van der Waals surface area contributed by atoms with Crippen LogP contribution in [0.4, 0.5) is 5.69 Å². The first-order chi connectivity index (χ1) is 12.0. The van der Waals surface area contributed by atoms with E-state index >= 15 is 0 Å². The Morgan fingerprint density at radius 1 is 1.20 bits per heavy atom. The van der Waals surface area contributed by atoms with Gasteiger partial charge in [-0.15, -0.1) is 0 Å². The number of nitrogens with zero attached hydrogens (tertiary/aromatic N) is 1. The summed E-state index contributed by atoms with van der Waals surface area (Å²) >= 11 is 0. The highest BCUT2D eigenvalue weighted by Crippen LogP contribution is 2.30. The van der Waals surface area contributed by atoms with Gasteiger partial charge in [0.1, 0.15) is 0 Å². The minimum absolute atomic E-state index is 0.102. The predicted octanol–water partition coefficient (Wildman–Crippen LogP) is 3.94. The Morgan fingerprint density at radius 3 is 2.56 bits per heavy atom. The molecule has 0 aliphatic carbocycles. The Balaban J connectivity index is 2.03. The summed E-state index contributed by atoms with van der Waals surface area (Å²) < 4.78 is 5.40. The van der Waals surface area contributed by atoms with Crippen LogP contribution >= 0.6 is 0 Å². The number of rotatable bonds is 8. The molecule has 1 atom stereocenters. The summed E-state index contributed by atoms with van der Waals surface area (Å²) in [7, 11) is 0. The van der Waals surface area contributed by atoms with Gasteiger partial charge in [0.25, 0.3) is 5.91 Å². The number of nitro benzene ring substituents is 1. The topological polar surface area (TPSA) is 81.5 Å². The summed E-state index contributed by atoms with van der Waals surface area (Å²) in [4.78, 5) is 22.9. The Bertz CT molecular complexity index is 731. The van der Waals surface area contributed by atoms with Gasteiger partial charge < -0.3 is 10.1 Å². The highest BCUT2D eigenvalue weighted by Gasteiger charge is 2.20. The molecule has 2 aromatic carbocycles. The fourth-order valence-corrected chi connectivity index (χ4v) is 2.66. The first-order valence-corrected chi connectivity index (χ1v) is 8.24. The molecule has 0 radical (unpaired) electrons. The van der Waals surface area contributed by atoms with Gasteiger partial charge in [-0.25, -0.2) is 0 Å². The fourth-order valence-electron chi connectivity index (χ4n) is 2.66. The van der Waals surface area contributed by atoms with Gasteiger partial charge in [0, 0.05) is 5.56 Å². The second-order valence-corrected chi connectivity index (χ2v) is 5.79. The van der Waals surface area contributed by atoms with Crippen LogP contribution in [0.1, 0.15) is 36.9 Å². The van der Waals surface area contributed by atoms with Crippen LogP contribution in [0.15, 0.2) is 48.5 Å². The van der Waals surface area contributed by atoms with Crippen LogP contribution in [-0.2, 0) is 4.79 Å². The number of amides is 1. The number of para-hydroxylation sites is 1. The molecule has 25 heavy (non-hydrogen) atoms. The molecule has 1 amide bonds. The molecule has 0 aliphatic rings. The minimum Gasteiger partial charge on any atom is -0.477 e. The van der Waals surface area contributed by atoms with Crippen molar-refractivity contribution in [2.75, 3.05) is 6.61 Å². The highest BCUT2D eigenvalue weighted by atomic mass is 16.6. The van der Waals surface area contributed by atoms with E-state index in [1.54, 1.807) is 19.1 Å². The van der Waals surface area contributed by atoms with E-state index in [9.17, 15) is 14.9 Å². The number of benzene rings is 2. The van der Waals surface area contributed by atoms with E-state index in [4.69, 9.17) is 4.74 Å². The molecular formula is C19H22N2O4. The van der Waals surface area contributed by atoms with Crippen LogP contribution in [0.2, 0.25) is 0 Å². The molecule has 0 spiro atoms. The summed E-state index contributed by atoms with van der Waals surface area (Å²) in [6.07, 6.45) is 1.73. The van der Waals surface area contributed by atoms with Gasteiger partial charge in [0.15, 0.2) is 12.4 Å². The van der Waals surface area contributed by atoms with E-state index < -0.39 is 4.92 Å². The zero-order chi connectivity index (χ0) is 18.2. The Labute approximate surface area is 147 Å². The maximum atomic E-state index is 12.2. The number of aryl methyl sites for hydroxylation is 1. The second-order valence-electron chi connectivity index (χ2n) is 5.79. The number of carbonyl (C=O) groups excluding carboxylic acids is 1. The summed E-state index contributed by atoms with van der Waals surface area (Å²) in [5, 5.41) is 14.1. The first-order valence-electron chi connectivity index (χ1n) is 8.24. The van der Waals surface area contributed by atoms with Crippen molar-refractivity contribution < 1.29 is 14.5 Å². The molecule has 1 N–H and O–H groups in total. The monoisotopic (exact) mass is 342 g/mol. The van der Waals surface area contributed by atoms with E-state index in [1.807, 2.05) is 30.3 Å². The van der Waals surface area contributed by atoms with Gasteiger partial charge in [-0.05, 0) is 25.0 Å².